The number of aryl methyl sites for hydroxylation is 1. The van der Waals surface area contributed by atoms with E-state index in [-0.39, 0.29) is 11.5 Å². The zero-order chi connectivity index (χ0) is 16.7. The zero-order valence-corrected chi connectivity index (χ0v) is 12.7. The van der Waals surface area contributed by atoms with Crippen LogP contribution in [0.4, 0.5) is 5.82 Å². The molecule has 0 fully saturated rings. The SMILES string of the molecule is Cc1cccc(CN=C/C(=C\N)NC(=O)c2nccnc2N)c1. The van der Waals surface area contributed by atoms with Crippen LogP contribution in [-0.4, -0.2) is 22.1 Å². The Hall–Kier alpha value is -3.22. The monoisotopic (exact) mass is 310 g/mol. The smallest absolute Gasteiger partial charge is 0.278 e. The maximum atomic E-state index is 12.1. The normalized spacial score (nSPS) is 11.6. The van der Waals surface area contributed by atoms with Crippen LogP contribution in [0.3, 0.4) is 0 Å². The highest BCUT2D eigenvalue weighted by molar-refractivity contribution is 6.00. The number of nitrogens with zero attached hydrogens (tertiary/aromatic N) is 3. The number of hydrogen-bond donors (Lipinski definition) is 3. The molecule has 0 atom stereocenters. The van der Waals surface area contributed by atoms with E-state index in [1.165, 1.54) is 30.4 Å². The maximum Gasteiger partial charge on any atom is 0.278 e. The standard InChI is InChI=1S/C16H18N6O/c1-11-3-2-4-12(7-11)9-19-10-13(8-17)22-16(23)14-15(18)21-6-5-20-14/h2-8,10H,9,17H2,1H3,(H2,18,21)(H,22,23)/b13-8+,19-10?. The number of carbonyl (C=O) groups is 1. The number of nitrogen functional groups attached to an aromatic ring is 1. The van der Waals surface area contributed by atoms with Gasteiger partial charge in [-0.2, -0.15) is 0 Å². The Balaban J connectivity index is 1.99. The van der Waals surface area contributed by atoms with Crippen LogP contribution < -0.4 is 16.8 Å². The molecule has 2 rings (SSSR count). The van der Waals surface area contributed by atoms with Crippen molar-refractivity contribution < 1.29 is 4.79 Å². The summed E-state index contributed by atoms with van der Waals surface area (Å²) in [7, 11) is 0. The lowest BCUT2D eigenvalue weighted by atomic mass is 10.1. The average molecular weight is 310 g/mol. The second-order valence-electron chi connectivity index (χ2n) is 4.83. The van der Waals surface area contributed by atoms with Gasteiger partial charge in [-0.1, -0.05) is 29.8 Å². The van der Waals surface area contributed by atoms with Crippen molar-refractivity contribution in [2.75, 3.05) is 5.73 Å². The Morgan fingerprint density at radius 3 is 2.83 bits per heavy atom. The number of amides is 1. The lowest BCUT2D eigenvalue weighted by Crippen LogP contribution is -2.26. The molecule has 0 spiro atoms. The molecule has 0 saturated carbocycles. The molecular weight excluding hydrogens is 292 g/mol. The third kappa shape index (κ3) is 4.63. The first-order valence-corrected chi connectivity index (χ1v) is 6.95. The minimum absolute atomic E-state index is 0.0407. The van der Waals surface area contributed by atoms with E-state index < -0.39 is 5.91 Å². The molecule has 0 unspecified atom stereocenters. The Kier molecular flexibility index (Phi) is 5.40. The van der Waals surface area contributed by atoms with Gasteiger partial charge in [0, 0.05) is 24.8 Å². The summed E-state index contributed by atoms with van der Waals surface area (Å²) in [5.41, 5.74) is 13.7. The van der Waals surface area contributed by atoms with Gasteiger partial charge in [-0.05, 0) is 12.5 Å². The summed E-state index contributed by atoms with van der Waals surface area (Å²) in [4.78, 5) is 24.0. The van der Waals surface area contributed by atoms with Crippen molar-refractivity contribution in [3.05, 3.63) is 65.4 Å². The number of benzene rings is 1. The van der Waals surface area contributed by atoms with E-state index in [1.54, 1.807) is 0 Å². The minimum Gasteiger partial charge on any atom is -0.403 e. The molecule has 0 aliphatic carbocycles. The van der Waals surface area contributed by atoms with Crippen LogP contribution in [0, 0.1) is 6.92 Å². The van der Waals surface area contributed by atoms with Crippen molar-refractivity contribution in [3.8, 4) is 0 Å². The number of aromatic nitrogens is 2. The highest BCUT2D eigenvalue weighted by Gasteiger charge is 2.12. The molecule has 1 heterocycles. The number of allylic oxidation sites excluding steroid dienone is 1. The molecular formula is C16H18N6O. The van der Waals surface area contributed by atoms with E-state index in [2.05, 4.69) is 20.3 Å². The number of anilines is 1. The van der Waals surface area contributed by atoms with E-state index in [0.29, 0.717) is 12.2 Å². The van der Waals surface area contributed by atoms with Crippen LogP contribution in [0.2, 0.25) is 0 Å². The Bertz CT molecular complexity index is 754. The summed E-state index contributed by atoms with van der Waals surface area (Å²) in [5.74, 6) is -0.438. The predicted octanol–water partition coefficient (Wildman–Crippen LogP) is 1.17. The molecule has 7 nitrogen and oxygen atoms in total. The molecule has 2 aromatic rings. The van der Waals surface area contributed by atoms with Crippen molar-refractivity contribution in [2.24, 2.45) is 10.7 Å². The Morgan fingerprint density at radius 2 is 2.13 bits per heavy atom. The molecule has 7 heteroatoms. The molecule has 23 heavy (non-hydrogen) atoms. The van der Waals surface area contributed by atoms with Gasteiger partial charge < -0.3 is 16.8 Å². The third-order valence-corrected chi connectivity index (χ3v) is 2.97. The molecule has 1 aromatic carbocycles. The van der Waals surface area contributed by atoms with Gasteiger partial charge >= 0.3 is 0 Å². The molecule has 5 N–H and O–H groups in total. The van der Waals surface area contributed by atoms with Crippen molar-refractivity contribution in [3.63, 3.8) is 0 Å². The fraction of sp³-hybridized carbons (Fsp3) is 0.125. The van der Waals surface area contributed by atoms with Gasteiger partial charge in [0.25, 0.3) is 5.91 Å². The van der Waals surface area contributed by atoms with Crippen molar-refractivity contribution >= 4 is 17.9 Å². The quantitative estimate of drug-likeness (QED) is 0.716. The molecule has 0 bridgehead atoms. The number of aliphatic imine (C=N–C) groups is 1. The summed E-state index contributed by atoms with van der Waals surface area (Å²) in [6, 6.07) is 8.01. The van der Waals surface area contributed by atoms with E-state index in [9.17, 15) is 4.79 Å². The van der Waals surface area contributed by atoms with Crippen LogP contribution in [0.5, 0.6) is 0 Å². The first kappa shape index (κ1) is 16.2. The van der Waals surface area contributed by atoms with Gasteiger partial charge in [-0.3, -0.25) is 9.79 Å². The molecule has 118 valence electrons. The number of rotatable bonds is 5. The van der Waals surface area contributed by atoms with Gasteiger partial charge in [-0.15, -0.1) is 0 Å². The van der Waals surface area contributed by atoms with Crippen LogP contribution in [0.25, 0.3) is 0 Å². The van der Waals surface area contributed by atoms with Crippen molar-refractivity contribution in [2.45, 2.75) is 13.5 Å². The molecule has 1 aromatic heterocycles. The zero-order valence-electron chi connectivity index (χ0n) is 12.7. The van der Waals surface area contributed by atoms with E-state index in [0.717, 1.165) is 5.56 Å². The van der Waals surface area contributed by atoms with Gasteiger partial charge in [0.15, 0.2) is 11.5 Å². The number of nitrogens with two attached hydrogens (primary N) is 2. The first-order chi connectivity index (χ1) is 11.1. The second-order valence-corrected chi connectivity index (χ2v) is 4.83. The fourth-order valence-corrected chi connectivity index (χ4v) is 1.89. The number of nitrogens with one attached hydrogen (secondary N) is 1. The lowest BCUT2D eigenvalue weighted by Gasteiger charge is -2.05. The first-order valence-electron chi connectivity index (χ1n) is 6.95. The number of hydrogen-bond acceptors (Lipinski definition) is 6. The summed E-state index contributed by atoms with van der Waals surface area (Å²) in [6.45, 7) is 2.51. The Labute approximate surface area is 134 Å². The van der Waals surface area contributed by atoms with Crippen molar-refractivity contribution in [1.29, 1.82) is 0 Å². The molecule has 0 aliphatic rings. The van der Waals surface area contributed by atoms with Gasteiger partial charge in [-0.25, -0.2) is 9.97 Å². The third-order valence-electron chi connectivity index (χ3n) is 2.97. The minimum atomic E-state index is -0.491. The van der Waals surface area contributed by atoms with Crippen LogP contribution in [-0.2, 0) is 6.54 Å². The van der Waals surface area contributed by atoms with Gasteiger partial charge in [0.05, 0.1) is 12.2 Å². The predicted molar refractivity (Wildman–Crippen MR) is 89.6 cm³/mol. The fourth-order valence-electron chi connectivity index (χ4n) is 1.89. The van der Waals surface area contributed by atoms with Crippen molar-refractivity contribution in [1.82, 2.24) is 15.3 Å². The lowest BCUT2D eigenvalue weighted by molar-refractivity contribution is 0.0963. The average Bonchev–Trinajstić information content (AvgIpc) is 2.54. The summed E-state index contributed by atoms with van der Waals surface area (Å²) >= 11 is 0. The molecule has 0 saturated heterocycles. The van der Waals surface area contributed by atoms with E-state index in [4.69, 9.17) is 11.5 Å². The van der Waals surface area contributed by atoms with Crippen LogP contribution >= 0.6 is 0 Å². The summed E-state index contributed by atoms with van der Waals surface area (Å²) in [5, 5.41) is 2.59. The number of carbonyl (C=O) groups excluding carboxylic acids is 1. The largest absolute Gasteiger partial charge is 0.403 e. The topological polar surface area (TPSA) is 119 Å². The Morgan fingerprint density at radius 1 is 1.35 bits per heavy atom. The summed E-state index contributed by atoms with van der Waals surface area (Å²) < 4.78 is 0. The molecule has 1 amide bonds. The van der Waals surface area contributed by atoms with E-state index >= 15 is 0 Å². The van der Waals surface area contributed by atoms with Gasteiger partial charge in [0.1, 0.15) is 0 Å². The highest BCUT2D eigenvalue weighted by atomic mass is 16.1. The van der Waals surface area contributed by atoms with Crippen LogP contribution in [0.1, 0.15) is 21.6 Å². The van der Waals surface area contributed by atoms with Crippen LogP contribution in [0.15, 0.2) is 53.5 Å². The maximum absolute atomic E-state index is 12.1. The van der Waals surface area contributed by atoms with Gasteiger partial charge in [0.2, 0.25) is 0 Å². The molecule has 0 aliphatic heterocycles. The summed E-state index contributed by atoms with van der Waals surface area (Å²) in [6.07, 6.45) is 5.55. The molecule has 0 radical (unpaired) electrons. The van der Waals surface area contributed by atoms with E-state index in [1.807, 2.05) is 31.2 Å². The second kappa shape index (κ2) is 7.69. The highest BCUT2D eigenvalue weighted by Crippen LogP contribution is 2.06.